The van der Waals surface area contributed by atoms with Gasteiger partial charge in [-0.2, -0.15) is 0 Å². The molecule has 0 spiro atoms. The zero-order valence-electron chi connectivity index (χ0n) is 22.6. The van der Waals surface area contributed by atoms with Gasteiger partial charge in [0.1, 0.15) is 18.2 Å². The normalized spacial score (nSPS) is 11.9. The van der Waals surface area contributed by atoms with Crippen molar-refractivity contribution in [1.82, 2.24) is 14.5 Å². The van der Waals surface area contributed by atoms with Gasteiger partial charge in [-0.05, 0) is 61.2 Å². The lowest BCUT2D eigenvalue weighted by Gasteiger charge is -2.19. The Morgan fingerprint density at radius 2 is 1.79 bits per heavy atom. The van der Waals surface area contributed by atoms with Gasteiger partial charge in [-0.25, -0.2) is 9.97 Å². The molecule has 5 rings (SSSR count). The molecular formula is C32H32BrN3O3. The van der Waals surface area contributed by atoms with Crippen LogP contribution in [0.5, 0.6) is 5.75 Å². The second-order valence-electron chi connectivity index (χ2n) is 10.9. The molecule has 39 heavy (non-hydrogen) atoms. The molecule has 0 radical (unpaired) electrons. The van der Waals surface area contributed by atoms with Crippen molar-refractivity contribution in [1.29, 1.82) is 0 Å². The third kappa shape index (κ3) is 5.69. The van der Waals surface area contributed by atoms with Crippen molar-refractivity contribution in [3.63, 3.8) is 0 Å². The number of aromatic nitrogens is 3. The minimum absolute atomic E-state index is 0.303. The second-order valence-corrected chi connectivity index (χ2v) is 11.7. The highest BCUT2D eigenvalue weighted by Crippen LogP contribution is 2.30. The van der Waals surface area contributed by atoms with Crippen LogP contribution in [0.3, 0.4) is 0 Å². The average molecular weight is 587 g/mol. The summed E-state index contributed by atoms with van der Waals surface area (Å²) in [6.07, 6.45) is 0.303. The van der Waals surface area contributed by atoms with Crippen LogP contribution in [0.4, 0.5) is 0 Å². The zero-order chi connectivity index (χ0) is 27.7. The van der Waals surface area contributed by atoms with Gasteiger partial charge < -0.3 is 14.4 Å². The summed E-state index contributed by atoms with van der Waals surface area (Å²) in [6.45, 7) is 8.75. The molecule has 3 aromatic carbocycles. The number of imidazole rings is 1. The summed E-state index contributed by atoms with van der Waals surface area (Å²) in [5.74, 6) is 0.991. The summed E-state index contributed by atoms with van der Waals surface area (Å²) in [6, 6.07) is 24.3. The van der Waals surface area contributed by atoms with Crippen molar-refractivity contribution >= 4 is 43.8 Å². The first-order valence-electron chi connectivity index (χ1n) is 13.1. The van der Waals surface area contributed by atoms with Gasteiger partial charge in [0.15, 0.2) is 0 Å². The second kappa shape index (κ2) is 10.8. The maximum Gasteiger partial charge on any atom is 0.309 e. The monoisotopic (exact) mass is 585 g/mol. The number of carboxylic acids is 1. The highest BCUT2D eigenvalue weighted by atomic mass is 79.9. The maximum absolute atomic E-state index is 11.9. The minimum Gasteiger partial charge on any atom is -0.487 e. The molecule has 5 aromatic rings. The molecule has 0 aliphatic rings. The van der Waals surface area contributed by atoms with Gasteiger partial charge in [-0.1, -0.05) is 66.2 Å². The Morgan fingerprint density at radius 1 is 1.00 bits per heavy atom. The van der Waals surface area contributed by atoms with Crippen molar-refractivity contribution in [2.24, 2.45) is 5.41 Å². The third-order valence-corrected chi connectivity index (χ3v) is 7.87. The SMILES string of the molecule is CC(C)c1cccc2nc(COc3ccc4c(c3)nc(CC(C)(C)C(=O)O)n4Cc3ccccc3Br)ccc12. The molecule has 2 heterocycles. The standard InChI is InChI=1S/C32H32BrN3O3/c1-20(2)24-9-7-11-27-25(24)14-12-22(34-27)19-39-23-13-15-29-28(16-23)35-30(17-32(3,4)31(37)38)36(29)18-21-8-5-6-10-26(21)33/h5-16,20H,17-19H2,1-4H3,(H,37,38). The van der Waals surface area contributed by atoms with Gasteiger partial charge in [-0.3, -0.25) is 4.79 Å². The lowest BCUT2D eigenvalue weighted by Crippen LogP contribution is -2.28. The van der Waals surface area contributed by atoms with E-state index >= 15 is 0 Å². The van der Waals surface area contributed by atoms with E-state index in [2.05, 4.69) is 58.6 Å². The van der Waals surface area contributed by atoms with E-state index in [1.807, 2.05) is 48.5 Å². The molecule has 0 fully saturated rings. The number of halogens is 1. The summed E-state index contributed by atoms with van der Waals surface area (Å²) < 4.78 is 9.24. The maximum atomic E-state index is 11.9. The Hall–Kier alpha value is -3.71. The fourth-order valence-corrected chi connectivity index (χ4v) is 5.20. The largest absolute Gasteiger partial charge is 0.487 e. The molecule has 200 valence electrons. The summed E-state index contributed by atoms with van der Waals surface area (Å²) in [7, 11) is 0. The number of nitrogens with zero attached hydrogens (tertiary/aromatic N) is 3. The van der Waals surface area contributed by atoms with E-state index in [4.69, 9.17) is 14.7 Å². The van der Waals surface area contributed by atoms with Gasteiger partial charge in [0.25, 0.3) is 0 Å². The van der Waals surface area contributed by atoms with Crippen LogP contribution >= 0.6 is 15.9 Å². The van der Waals surface area contributed by atoms with Crippen LogP contribution in [0.25, 0.3) is 21.9 Å². The average Bonchev–Trinajstić information content (AvgIpc) is 3.23. The minimum atomic E-state index is -0.955. The number of benzene rings is 3. The van der Waals surface area contributed by atoms with E-state index in [9.17, 15) is 9.90 Å². The first-order chi connectivity index (χ1) is 18.6. The Morgan fingerprint density at radius 3 is 2.54 bits per heavy atom. The van der Waals surface area contributed by atoms with Crippen LogP contribution < -0.4 is 4.74 Å². The molecule has 0 saturated carbocycles. The van der Waals surface area contributed by atoms with Crippen molar-refractivity contribution in [3.8, 4) is 5.75 Å². The smallest absolute Gasteiger partial charge is 0.309 e. The summed E-state index contributed by atoms with van der Waals surface area (Å²) >= 11 is 3.64. The fourth-order valence-electron chi connectivity index (χ4n) is 4.79. The lowest BCUT2D eigenvalue weighted by atomic mass is 9.89. The van der Waals surface area contributed by atoms with Gasteiger partial charge >= 0.3 is 5.97 Å². The summed E-state index contributed by atoms with van der Waals surface area (Å²) in [5.41, 5.74) is 4.94. The topological polar surface area (TPSA) is 77.2 Å². The van der Waals surface area contributed by atoms with E-state index in [0.29, 0.717) is 31.2 Å². The van der Waals surface area contributed by atoms with Crippen molar-refractivity contribution in [3.05, 3.63) is 99.9 Å². The highest BCUT2D eigenvalue weighted by Gasteiger charge is 2.30. The molecule has 2 aromatic heterocycles. The summed E-state index contributed by atoms with van der Waals surface area (Å²) in [4.78, 5) is 21.6. The van der Waals surface area contributed by atoms with Crippen molar-refractivity contribution in [2.45, 2.75) is 53.2 Å². The molecule has 0 atom stereocenters. The quantitative estimate of drug-likeness (QED) is 0.191. The number of ether oxygens (including phenoxy) is 1. The molecule has 0 saturated heterocycles. The van der Waals surface area contributed by atoms with E-state index in [1.54, 1.807) is 13.8 Å². The zero-order valence-corrected chi connectivity index (χ0v) is 24.2. The predicted octanol–water partition coefficient (Wildman–Crippen LogP) is 7.75. The number of aliphatic carboxylic acids is 1. The van der Waals surface area contributed by atoms with E-state index in [1.165, 1.54) is 10.9 Å². The van der Waals surface area contributed by atoms with Crippen LogP contribution in [-0.2, 0) is 24.4 Å². The Labute approximate surface area is 236 Å². The number of carbonyl (C=O) groups is 1. The molecule has 6 nitrogen and oxygen atoms in total. The molecule has 0 unspecified atom stereocenters. The molecule has 1 N–H and O–H groups in total. The van der Waals surface area contributed by atoms with Gasteiger partial charge in [0.2, 0.25) is 0 Å². The number of carboxylic acid groups (broad SMARTS) is 1. The fraction of sp³-hybridized carbons (Fsp3) is 0.281. The number of hydrogen-bond acceptors (Lipinski definition) is 4. The molecule has 0 aliphatic heterocycles. The first kappa shape index (κ1) is 26.9. The van der Waals surface area contributed by atoms with Crippen molar-refractivity contribution < 1.29 is 14.6 Å². The van der Waals surface area contributed by atoms with Crippen LogP contribution in [0.1, 0.15) is 56.3 Å². The van der Waals surface area contributed by atoms with Crippen LogP contribution in [-0.4, -0.2) is 25.6 Å². The third-order valence-electron chi connectivity index (χ3n) is 7.10. The molecule has 7 heteroatoms. The van der Waals surface area contributed by atoms with Crippen molar-refractivity contribution in [2.75, 3.05) is 0 Å². The van der Waals surface area contributed by atoms with Gasteiger partial charge in [-0.15, -0.1) is 0 Å². The number of rotatable bonds is 9. The molecule has 0 aliphatic carbocycles. The van der Waals surface area contributed by atoms with Crippen LogP contribution in [0, 0.1) is 5.41 Å². The Kier molecular flexibility index (Phi) is 7.45. The first-order valence-corrected chi connectivity index (χ1v) is 13.9. The predicted molar refractivity (Wildman–Crippen MR) is 158 cm³/mol. The number of pyridine rings is 1. The summed E-state index contributed by atoms with van der Waals surface area (Å²) in [5, 5.41) is 10.9. The van der Waals surface area contributed by atoms with E-state index in [0.717, 1.165) is 38.1 Å². The van der Waals surface area contributed by atoms with Gasteiger partial charge in [0.05, 0.1) is 34.2 Å². The van der Waals surface area contributed by atoms with Crippen LogP contribution in [0.2, 0.25) is 0 Å². The molecule has 0 amide bonds. The Bertz CT molecular complexity index is 1670. The Balaban J connectivity index is 1.44. The molecular weight excluding hydrogens is 554 g/mol. The lowest BCUT2D eigenvalue weighted by molar-refractivity contribution is -0.146. The van der Waals surface area contributed by atoms with Gasteiger partial charge in [0, 0.05) is 22.3 Å². The van der Waals surface area contributed by atoms with E-state index < -0.39 is 11.4 Å². The van der Waals surface area contributed by atoms with Crippen LogP contribution in [0.15, 0.2) is 77.3 Å². The number of fused-ring (bicyclic) bond motifs is 2. The number of hydrogen-bond donors (Lipinski definition) is 1. The molecule has 0 bridgehead atoms. The van der Waals surface area contributed by atoms with E-state index in [-0.39, 0.29) is 0 Å². The highest BCUT2D eigenvalue weighted by molar-refractivity contribution is 9.10.